The molecule has 1 N–H and O–H groups in total. The zero-order valence-corrected chi connectivity index (χ0v) is 14.8. The van der Waals surface area contributed by atoms with E-state index in [0.29, 0.717) is 37.7 Å². The quantitative estimate of drug-likeness (QED) is 0.800. The van der Waals surface area contributed by atoms with Crippen molar-refractivity contribution in [2.45, 2.75) is 26.4 Å². The maximum atomic E-state index is 12.2. The highest BCUT2D eigenvalue weighted by Gasteiger charge is 2.25. The molecule has 8 heteroatoms. The summed E-state index contributed by atoms with van der Waals surface area (Å²) >= 11 is 0. The molecule has 0 radical (unpaired) electrons. The van der Waals surface area contributed by atoms with E-state index < -0.39 is 10.0 Å². The van der Waals surface area contributed by atoms with E-state index in [9.17, 15) is 13.2 Å². The second kappa shape index (κ2) is 8.46. The minimum absolute atomic E-state index is 0.0234. The Balaban J connectivity index is 1.91. The van der Waals surface area contributed by atoms with Crippen molar-refractivity contribution in [1.29, 1.82) is 0 Å². The Bertz CT molecular complexity index is 654. The van der Waals surface area contributed by atoms with Crippen molar-refractivity contribution in [3.8, 4) is 5.75 Å². The van der Waals surface area contributed by atoms with Crippen molar-refractivity contribution in [2.24, 2.45) is 0 Å². The van der Waals surface area contributed by atoms with Crippen molar-refractivity contribution in [1.82, 2.24) is 4.31 Å². The lowest BCUT2D eigenvalue weighted by atomic mass is 10.2. The molecule has 1 aliphatic rings. The molecule has 1 saturated heterocycles. The highest BCUT2D eigenvalue weighted by molar-refractivity contribution is 7.89. The molecule has 1 fully saturated rings. The number of hydrogen-bond donors (Lipinski definition) is 1. The van der Waals surface area contributed by atoms with Crippen molar-refractivity contribution >= 4 is 21.6 Å². The van der Waals surface area contributed by atoms with Gasteiger partial charge in [0.15, 0.2) is 0 Å². The number of amides is 1. The van der Waals surface area contributed by atoms with Gasteiger partial charge in [-0.3, -0.25) is 4.79 Å². The third-order valence-electron chi connectivity index (χ3n) is 3.47. The minimum atomic E-state index is -3.44. The van der Waals surface area contributed by atoms with Crippen LogP contribution in [-0.2, 0) is 19.6 Å². The number of sulfonamides is 1. The molecule has 0 spiro atoms. The predicted molar refractivity (Wildman–Crippen MR) is 91.6 cm³/mol. The Morgan fingerprint density at radius 1 is 1.29 bits per heavy atom. The summed E-state index contributed by atoms with van der Waals surface area (Å²) in [6.07, 6.45) is -0.125. The van der Waals surface area contributed by atoms with Gasteiger partial charge in [0, 0.05) is 19.5 Å². The van der Waals surface area contributed by atoms with Gasteiger partial charge in [-0.1, -0.05) is 12.1 Å². The van der Waals surface area contributed by atoms with E-state index in [-0.39, 0.29) is 24.2 Å². The van der Waals surface area contributed by atoms with Crippen LogP contribution in [0, 0.1) is 0 Å². The molecule has 1 aromatic carbocycles. The molecule has 1 heterocycles. The van der Waals surface area contributed by atoms with E-state index >= 15 is 0 Å². The first-order chi connectivity index (χ1) is 11.4. The van der Waals surface area contributed by atoms with Crippen LogP contribution in [0.4, 0.5) is 5.69 Å². The lowest BCUT2D eigenvalue weighted by molar-refractivity contribution is -0.115. The Morgan fingerprint density at radius 2 is 1.96 bits per heavy atom. The van der Waals surface area contributed by atoms with Crippen LogP contribution in [0.15, 0.2) is 24.3 Å². The molecule has 0 aromatic heterocycles. The molecule has 24 heavy (non-hydrogen) atoms. The summed E-state index contributed by atoms with van der Waals surface area (Å²) in [7, 11) is -3.44. The maximum absolute atomic E-state index is 12.2. The van der Waals surface area contributed by atoms with Crippen molar-refractivity contribution in [2.75, 3.05) is 37.4 Å². The number of benzene rings is 1. The fourth-order valence-electron chi connectivity index (χ4n) is 2.31. The smallest absolute Gasteiger partial charge is 0.225 e. The summed E-state index contributed by atoms with van der Waals surface area (Å²) in [4.78, 5) is 12.1. The number of ether oxygens (including phenoxy) is 2. The number of nitrogens with one attached hydrogen (secondary N) is 1. The summed E-state index contributed by atoms with van der Waals surface area (Å²) < 4.78 is 36.6. The largest absolute Gasteiger partial charge is 0.489 e. The number of carbonyl (C=O) groups is 1. The second-order valence-corrected chi connectivity index (χ2v) is 7.88. The van der Waals surface area contributed by atoms with Crippen molar-refractivity contribution in [3.05, 3.63) is 24.3 Å². The second-order valence-electron chi connectivity index (χ2n) is 5.79. The standard InChI is InChI=1S/C16H24N2O5S/c1-13(2)23-15-6-4-3-5-14(15)17-16(19)7-12-24(20,21)18-8-10-22-11-9-18/h3-6,13H,7-12H2,1-2H3,(H,17,19). The number of para-hydroxylation sites is 2. The summed E-state index contributed by atoms with van der Waals surface area (Å²) in [6.45, 7) is 5.27. The van der Waals surface area contributed by atoms with Crippen LogP contribution in [0.25, 0.3) is 0 Å². The van der Waals surface area contributed by atoms with Gasteiger partial charge in [-0.15, -0.1) is 0 Å². The van der Waals surface area contributed by atoms with Crippen LogP contribution in [0.2, 0.25) is 0 Å². The van der Waals surface area contributed by atoms with Gasteiger partial charge in [0.2, 0.25) is 15.9 Å². The van der Waals surface area contributed by atoms with Crippen LogP contribution >= 0.6 is 0 Å². The van der Waals surface area contributed by atoms with E-state index in [0.717, 1.165) is 0 Å². The average molecular weight is 356 g/mol. The molecule has 1 aliphatic heterocycles. The molecule has 0 atom stereocenters. The highest BCUT2D eigenvalue weighted by Crippen LogP contribution is 2.25. The highest BCUT2D eigenvalue weighted by atomic mass is 32.2. The Hall–Kier alpha value is -1.64. The first-order valence-corrected chi connectivity index (χ1v) is 9.60. The van der Waals surface area contributed by atoms with E-state index in [2.05, 4.69) is 5.32 Å². The van der Waals surface area contributed by atoms with Crippen LogP contribution in [0.3, 0.4) is 0 Å². The average Bonchev–Trinajstić information content (AvgIpc) is 2.55. The SMILES string of the molecule is CC(C)Oc1ccccc1NC(=O)CCS(=O)(=O)N1CCOCC1. The van der Waals surface area contributed by atoms with Gasteiger partial charge in [-0.05, 0) is 26.0 Å². The number of rotatable bonds is 7. The van der Waals surface area contributed by atoms with E-state index in [1.54, 1.807) is 18.2 Å². The molecule has 134 valence electrons. The van der Waals surface area contributed by atoms with Crippen molar-refractivity contribution in [3.63, 3.8) is 0 Å². The van der Waals surface area contributed by atoms with Gasteiger partial charge in [0.05, 0.1) is 30.8 Å². The van der Waals surface area contributed by atoms with E-state index in [4.69, 9.17) is 9.47 Å². The van der Waals surface area contributed by atoms with Gasteiger partial charge >= 0.3 is 0 Å². The minimum Gasteiger partial charge on any atom is -0.489 e. The number of hydrogen-bond acceptors (Lipinski definition) is 5. The predicted octanol–water partition coefficient (Wildman–Crippen LogP) is 1.46. The first kappa shape index (κ1) is 18.7. The van der Waals surface area contributed by atoms with Gasteiger partial charge in [0.25, 0.3) is 0 Å². The zero-order chi connectivity index (χ0) is 17.6. The molecule has 0 saturated carbocycles. The molecule has 0 bridgehead atoms. The van der Waals surface area contributed by atoms with E-state index in [1.807, 2.05) is 19.9 Å². The van der Waals surface area contributed by atoms with Gasteiger partial charge in [0.1, 0.15) is 5.75 Å². The summed E-state index contributed by atoms with van der Waals surface area (Å²) in [5.74, 6) is -0.00463. The normalized spacial score (nSPS) is 16.1. The first-order valence-electron chi connectivity index (χ1n) is 7.99. The molecular weight excluding hydrogens is 332 g/mol. The lowest BCUT2D eigenvalue weighted by Gasteiger charge is -2.25. The van der Waals surface area contributed by atoms with E-state index in [1.165, 1.54) is 4.31 Å². The van der Waals surface area contributed by atoms with Gasteiger partial charge in [-0.25, -0.2) is 8.42 Å². The van der Waals surface area contributed by atoms with Crippen LogP contribution in [0.5, 0.6) is 5.75 Å². The zero-order valence-electron chi connectivity index (χ0n) is 14.0. The monoisotopic (exact) mass is 356 g/mol. The van der Waals surface area contributed by atoms with Crippen molar-refractivity contribution < 1.29 is 22.7 Å². The number of morpholine rings is 1. The third kappa shape index (κ3) is 5.47. The molecule has 0 aliphatic carbocycles. The lowest BCUT2D eigenvalue weighted by Crippen LogP contribution is -2.42. The topological polar surface area (TPSA) is 84.9 Å². The molecule has 2 rings (SSSR count). The number of anilines is 1. The van der Waals surface area contributed by atoms with Crippen LogP contribution < -0.4 is 10.1 Å². The molecule has 7 nitrogen and oxygen atoms in total. The number of nitrogens with zero attached hydrogens (tertiary/aromatic N) is 1. The Kier molecular flexibility index (Phi) is 6.59. The molecule has 1 amide bonds. The van der Waals surface area contributed by atoms with Crippen LogP contribution in [-0.4, -0.2) is 56.8 Å². The summed E-state index contributed by atoms with van der Waals surface area (Å²) in [6, 6.07) is 7.09. The molecule has 0 unspecified atom stereocenters. The Labute approximate surface area is 143 Å². The van der Waals surface area contributed by atoms with Crippen LogP contribution in [0.1, 0.15) is 20.3 Å². The molecular formula is C16H24N2O5S. The summed E-state index contributed by atoms with van der Waals surface area (Å²) in [5, 5.41) is 2.72. The summed E-state index contributed by atoms with van der Waals surface area (Å²) in [5.41, 5.74) is 0.542. The fourth-order valence-corrected chi connectivity index (χ4v) is 3.72. The fraction of sp³-hybridized carbons (Fsp3) is 0.562. The maximum Gasteiger partial charge on any atom is 0.225 e. The molecule has 1 aromatic rings. The number of carbonyl (C=O) groups excluding carboxylic acids is 1. The Morgan fingerprint density at radius 3 is 2.62 bits per heavy atom. The third-order valence-corrected chi connectivity index (χ3v) is 5.35. The van der Waals surface area contributed by atoms with Gasteiger partial charge < -0.3 is 14.8 Å². The van der Waals surface area contributed by atoms with Gasteiger partial charge in [-0.2, -0.15) is 4.31 Å².